The lowest BCUT2D eigenvalue weighted by atomic mass is 9.96. The van der Waals surface area contributed by atoms with Crippen LogP contribution in [0.1, 0.15) is 43.4 Å². The molecule has 0 radical (unpaired) electrons. The smallest absolute Gasteiger partial charge is 0.282 e. The molecule has 46 heavy (non-hydrogen) atoms. The molecule has 1 aliphatic rings. The van der Waals surface area contributed by atoms with Gasteiger partial charge in [-0.25, -0.2) is 4.98 Å². The van der Waals surface area contributed by atoms with E-state index in [-0.39, 0.29) is 34.8 Å². The Kier molecular flexibility index (Phi) is 10.7. The minimum absolute atomic E-state index is 0.167. The third-order valence-electron chi connectivity index (χ3n) is 7.67. The van der Waals surface area contributed by atoms with E-state index in [1.165, 1.54) is 18.0 Å². The molecule has 0 saturated carbocycles. The molecule has 0 unspecified atom stereocenters. The van der Waals surface area contributed by atoms with Crippen molar-refractivity contribution in [2.24, 2.45) is 5.10 Å². The van der Waals surface area contributed by atoms with Crippen molar-refractivity contribution in [1.29, 1.82) is 0 Å². The fourth-order valence-corrected chi connectivity index (χ4v) is 5.87. The van der Waals surface area contributed by atoms with Crippen LogP contribution < -0.4 is 19.8 Å². The number of carbonyl (C=O) groups excluding carboxylic acids is 1. The summed E-state index contributed by atoms with van der Waals surface area (Å²) in [6.45, 7) is 10.4. The Labute approximate surface area is 281 Å². The van der Waals surface area contributed by atoms with Crippen molar-refractivity contribution >= 4 is 50.6 Å². The summed E-state index contributed by atoms with van der Waals surface area (Å²) in [6.07, 6.45) is 1.51. The SMILES string of the molecule is CCOc1cc(C)c(-c2nc3ccccc3c(=O)n2N=Cc2cc(OC)c(OCC(=O)N3CCOCC3)c(Cl)c2Br)cc1C(C)C. The van der Waals surface area contributed by atoms with Crippen molar-refractivity contribution in [2.75, 3.05) is 46.6 Å². The summed E-state index contributed by atoms with van der Waals surface area (Å²) < 4.78 is 24.4. The topological polar surface area (TPSA) is 104 Å². The summed E-state index contributed by atoms with van der Waals surface area (Å²) in [6, 6.07) is 12.9. The van der Waals surface area contributed by atoms with Gasteiger partial charge in [-0.05, 0) is 77.2 Å². The number of aromatic nitrogens is 2. The number of benzene rings is 3. The molecule has 5 rings (SSSR count). The van der Waals surface area contributed by atoms with Crippen LogP contribution in [0.4, 0.5) is 0 Å². The van der Waals surface area contributed by atoms with E-state index in [1.54, 1.807) is 23.1 Å². The van der Waals surface area contributed by atoms with E-state index in [0.29, 0.717) is 65.4 Å². The molecule has 242 valence electrons. The summed E-state index contributed by atoms with van der Waals surface area (Å²) in [7, 11) is 1.48. The van der Waals surface area contributed by atoms with Crippen LogP contribution in [0.2, 0.25) is 5.02 Å². The second-order valence-corrected chi connectivity index (χ2v) is 12.2. The van der Waals surface area contributed by atoms with Crippen LogP contribution in [0.3, 0.4) is 0 Å². The lowest BCUT2D eigenvalue weighted by molar-refractivity contribution is -0.137. The molecule has 1 saturated heterocycles. The number of nitrogens with zero attached hydrogens (tertiary/aromatic N) is 4. The summed E-state index contributed by atoms with van der Waals surface area (Å²) in [5, 5.41) is 5.27. The van der Waals surface area contributed by atoms with Crippen molar-refractivity contribution in [3.05, 3.63) is 79.0 Å². The van der Waals surface area contributed by atoms with Gasteiger partial charge in [0, 0.05) is 28.7 Å². The maximum absolute atomic E-state index is 13.9. The quantitative estimate of drug-likeness (QED) is 0.175. The number of amides is 1. The highest BCUT2D eigenvalue weighted by molar-refractivity contribution is 9.10. The number of halogens is 2. The van der Waals surface area contributed by atoms with E-state index < -0.39 is 0 Å². The number of rotatable bonds is 10. The molecule has 1 amide bonds. The third-order valence-corrected chi connectivity index (χ3v) is 9.11. The number of carbonyl (C=O) groups is 1. The molecular formula is C34H36BrClN4O6. The van der Waals surface area contributed by atoms with Crippen LogP contribution in [-0.2, 0) is 9.53 Å². The monoisotopic (exact) mass is 710 g/mol. The Morgan fingerprint density at radius 1 is 1.15 bits per heavy atom. The van der Waals surface area contributed by atoms with Crippen LogP contribution in [0.25, 0.3) is 22.3 Å². The zero-order valence-electron chi connectivity index (χ0n) is 26.4. The fraction of sp³-hybridized carbons (Fsp3) is 0.353. The van der Waals surface area contributed by atoms with Crippen molar-refractivity contribution in [3.63, 3.8) is 0 Å². The van der Waals surface area contributed by atoms with E-state index >= 15 is 0 Å². The molecule has 10 nitrogen and oxygen atoms in total. The number of para-hydroxylation sites is 1. The summed E-state index contributed by atoms with van der Waals surface area (Å²) in [5.41, 5.74) is 3.40. The van der Waals surface area contributed by atoms with Crippen molar-refractivity contribution in [2.45, 2.75) is 33.6 Å². The predicted molar refractivity (Wildman–Crippen MR) is 183 cm³/mol. The lowest BCUT2D eigenvalue weighted by Gasteiger charge is -2.27. The fourth-order valence-electron chi connectivity index (χ4n) is 5.22. The van der Waals surface area contributed by atoms with Crippen LogP contribution in [0.5, 0.6) is 17.2 Å². The molecule has 1 aliphatic heterocycles. The van der Waals surface area contributed by atoms with Gasteiger partial charge in [-0.15, -0.1) is 0 Å². The molecule has 12 heteroatoms. The standard InChI is InChI=1S/C34H36BrClN4O6/c1-6-45-27-15-21(4)25(17-24(27)20(2)3)33-38-26-10-8-7-9-23(26)34(42)40(33)37-18-22-16-28(43-5)32(31(36)30(22)35)46-19-29(41)39-11-13-44-14-12-39/h7-10,15-18,20H,6,11-14,19H2,1-5H3. The molecule has 0 bridgehead atoms. The molecule has 0 aliphatic carbocycles. The zero-order valence-corrected chi connectivity index (χ0v) is 28.8. The highest BCUT2D eigenvalue weighted by atomic mass is 79.9. The van der Waals surface area contributed by atoms with E-state index in [2.05, 4.69) is 34.9 Å². The van der Waals surface area contributed by atoms with Crippen LogP contribution in [-0.4, -0.2) is 73.3 Å². The van der Waals surface area contributed by atoms with Gasteiger partial charge < -0.3 is 23.8 Å². The minimum Gasteiger partial charge on any atom is -0.494 e. The van der Waals surface area contributed by atoms with Gasteiger partial charge in [0.2, 0.25) is 0 Å². The van der Waals surface area contributed by atoms with E-state index in [4.69, 9.17) is 35.5 Å². The van der Waals surface area contributed by atoms with Crippen LogP contribution >= 0.6 is 27.5 Å². The second-order valence-electron chi connectivity index (χ2n) is 11.0. The summed E-state index contributed by atoms with van der Waals surface area (Å²) in [4.78, 5) is 33.2. The largest absolute Gasteiger partial charge is 0.494 e. The first-order valence-corrected chi connectivity index (χ1v) is 16.2. The van der Waals surface area contributed by atoms with E-state index in [1.807, 2.05) is 38.1 Å². The first kappa shape index (κ1) is 33.4. The molecular weight excluding hydrogens is 676 g/mol. The number of ether oxygens (including phenoxy) is 4. The Balaban J connectivity index is 1.57. The van der Waals surface area contributed by atoms with Gasteiger partial charge >= 0.3 is 0 Å². The molecule has 1 fully saturated rings. The van der Waals surface area contributed by atoms with E-state index in [9.17, 15) is 9.59 Å². The Bertz CT molecular complexity index is 1850. The molecule has 3 aromatic carbocycles. The minimum atomic E-state index is -0.327. The average Bonchev–Trinajstić information content (AvgIpc) is 3.06. The Morgan fingerprint density at radius 2 is 1.89 bits per heavy atom. The number of fused-ring (bicyclic) bond motifs is 1. The second kappa shape index (κ2) is 14.7. The molecule has 0 spiro atoms. The number of hydrogen-bond donors (Lipinski definition) is 0. The summed E-state index contributed by atoms with van der Waals surface area (Å²) >= 11 is 10.3. The van der Waals surface area contributed by atoms with Gasteiger partial charge in [0.05, 0.1) is 44.0 Å². The van der Waals surface area contributed by atoms with Crippen LogP contribution in [0, 0.1) is 6.92 Å². The van der Waals surface area contributed by atoms with Crippen molar-refractivity contribution in [3.8, 4) is 28.6 Å². The van der Waals surface area contributed by atoms with Crippen molar-refractivity contribution < 1.29 is 23.7 Å². The molecule has 2 heterocycles. The summed E-state index contributed by atoms with van der Waals surface area (Å²) in [5.74, 6) is 1.70. The first-order chi connectivity index (χ1) is 22.1. The van der Waals surface area contributed by atoms with Gasteiger partial charge in [-0.3, -0.25) is 9.59 Å². The lowest BCUT2D eigenvalue weighted by Crippen LogP contribution is -2.43. The van der Waals surface area contributed by atoms with E-state index in [0.717, 1.165) is 22.4 Å². The van der Waals surface area contributed by atoms with Gasteiger partial charge in [-0.2, -0.15) is 9.78 Å². The highest BCUT2D eigenvalue weighted by Gasteiger charge is 2.22. The molecule has 0 N–H and O–H groups in total. The number of morpholine rings is 1. The zero-order chi connectivity index (χ0) is 33.0. The Morgan fingerprint density at radius 3 is 2.59 bits per heavy atom. The van der Waals surface area contributed by atoms with Crippen molar-refractivity contribution in [1.82, 2.24) is 14.6 Å². The predicted octanol–water partition coefficient (Wildman–Crippen LogP) is 6.44. The maximum atomic E-state index is 13.9. The maximum Gasteiger partial charge on any atom is 0.282 e. The molecule has 0 atom stereocenters. The van der Waals surface area contributed by atoms with Gasteiger partial charge in [-0.1, -0.05) is 37.6 Å². The highest BCUT2D eigenvalue weighted by Crippen LogP contribution is 2.42. The van der Waals surface area contributed by atoms with Gasteiger partial charge in [0.15, 0.2) is 23.9 Å². The number of hydrogen-bond acceptors (Lipinski definition) is 8. The normalized spacial score (nSPS) is 13.5. The molecule has 4 aromatic rings. The Hall–Kier alpha value is -3.93. The number of aryl methyl sites for hydroxylation is 1. The third kappa shape index (κ3) is 6.91. The first-order valence-electron chi connectivity index (χ1n) is 15.0. The number of methoxy groups -OCH3 is 1. The van der Waals surface area contributed by atoms with Gasteiger partial charge in [0.1, 0.15) is 10.8 Å². The van der Waals surface area contributed by atoms with Crippen LogP contribution in [0.15, 0.2) is 56.8 Å². The average molecular weight is 712 g/mol. The van der Waals surface area contributed by atoms with Gasteiger partial charge in [0.25, 0.3) is 11.5 Å². The molecule has 1 aromatic heterocycles.